The number of rotatable bonds is 35. The standard InChI is InChI=1S/C44H82N10O12/c1-9-27(8)36(44(65)66)54-40(61)31(16-17-35(56)57)50-43(64)34(23-55)53-42(63)33(22-26(6)7)52-39(60)30(15-11-13-19-46)49-41(62)32(21-25(4)5)51-38(59)29(14-10-12-18-45)48-37(58)28(47)20-24(2)3/h24-34,36,55H,9-23,45-47H2,1-8H3,(H,48,58)(H,49,62)(H,50,64)(H,51,59)(H,52,60)(H,53,63)(H,54,61)(H,56,57)(H,65,66)/t27-,28-,29-,30-,31-,32-,33-,34-,36-/m0/s1. The van der Waals surface area contributed by atoms with Gasteiger partial charge in [-0.15, -0.1) is 0 Å². The van der Waals surface area contributed by atoms with Crippen LogP contribution in [-0.2, 0) is 43.2 Å². The quantitative estimate of drug-likeness (QED) is 0.0342. The average Bonchev–Trinajstić information content (AvgIpc) is 3.23. The molecule has 22 nitrogen and oxygen atoms in total. The van der Waals surface area contributed by atoms with E-state index in [-0.39, 0.29) is 50.0 Å². The van der Waals surface area contributed by atoms with Crippen LogP contribution >= 0.6 is 0 Å². The van der Waals surface area contributed by atoms with Gasteiger partial charge in [0.05, 0.1) is 12.6 Å². The molecule has 380 valence electrons. The van der Waals surface area contributed by atoms with Crippen molar-refractivity contribution in [1.29, 1.82) is 0 Å². The maximum atomic E-state index is 14.0. The molecule has 0 aromatic carbocycles. The molecule has 22 heteroatoms. The molecule has 7 amide bonds. The van der Waals surface area contributed by atoms with E-state index in [1.54, 1.807) is 27.7 Å². The first-order chi connectivity index (χ1) is 30.9. The van der Waals surface area contributed by atoms with E-state index in [1.807, 2.05) is 27.7 Å². The van der Waals surface area contributed by atoms with Gasteiger partial charge in [0.15, 0.2) is 0 Å². The number of nitrogens with two attached hydrogens (primary N) is 3. The Balaban J connectivity index is 6.47. The van der Waals surface area contributed by atoms with Crippen LogP contribution in [0.5, 0.6) is 0 Å². The van der Waals surface area contributed by atoms with E-state index in [0.717, 1.165) is 0 Å². The lowest BCUT2D eigenvalue weighted by atomic mass is 9.98. The molecule has 0 unspecified atom stereocenters. The highest BCUT2D eigenvalue weighted by atomic mass is 16.4. The lowest BCUT2D eigenvalue weighted by Crippen LogP contribution is -2.61. The lowest BCUT2D eigenvalue weighted by Gasteiger charge is -2.28. The van der Waals surface area contributed by atoms with Crippen molar-refractivity contribution in [2.24, 2.45) is 40.9 Å². The number of nitrogens with one attached hydrogen (secondary N) is 7. The maximum Gasteiger partial charge on any atom is 0.326 e. The summed E-state index contributed by atoms with van der Waals surface area (Å²) in [5, 5.41) is 47.0. The highest BCUT2D eigenvalue weighted by Gasteiger charge is 2.35. The van der Waals surface area contributed by atoms with Crippen molar-refractivity contribution < 1.29 is 58.5 Å². The summed E-state index contributed by atoms with van der Waals surface area (Å²) in [5.41, 5.74) is 17.5. The minimum absolute atomic E-state index is 0.0285. The molecule has 0 rings (SSSR count). The van der Waals surface area contributed by atoms with Gasteiger partial charge in [0.1, 0.15) is 42.3 Å². The molecule has 0 saturated carbocycles. The number of carbonyl (C=O) groups is 9. The number of aliphatic carboxylic acids is 2. The molecular formula is C44H82N10O12. The van der Waals surface area contributed by atoms with Gasteiger partial charge in [-0.2, -0.15) is 0 Å². The van der Waals surface area contributed by atoms with Crippen LogP contribution in [0.25, 0.3) is 0 Å². The minimum Gasteiger partial charge on any atom is -0.481 e. The smallest absolute Gasteiger partial charge is 0.326 e. The second-order valence-corrected chi connectivity index (χ2v) is 18.3. The van der Waals surface area contributed by atoms with Crippen LogP contribution < -0.4 is 54.4 Å². The van der Waals surface area contributed by atoms with Crippen molar-refractivity contribution in [1.82, 2.24) is 37.2 Å². The van der Waals surface area contributed by atoms with Crippen LogP contribution in [-0.4, -0.2) is 137 Å². The molecule has 0 aliphatic carbocycles. The Kier molecular flexibility index (Phi) is 30.3. The first kappa shape index (κ1) is 61.1. The summed E-state index contributed by atoms with van der Waals surface area (Å²) >= 11 is 0. The topological polar surface area (TPSA) is 377 Å². The zero-order valence-electron chi connectivity index (χ0n) is 40.3. The SMILES string of the molecule is CC[C@H](C)[C@H](NC(=O)[C@H](CCC(=O)O)NC(=O)[C@H](CO)NC(=O)[C@H](CC(C)C)NC(=O)[C@H](CCCCN)NC(=O)[C@H](CC(C)C)NC(=O)[C@H](CCCCN)NC(=O)[C@@H](N)CC(C)C)C(=O)O. The van der Waals surface area contributed by atoms with Crippen LogP contribution in [0.4, 0.5) is 0 Å². The zero-order valence-corrected chi connectivity index (χ0v) is 40.3. The minimum atomic E-state index is -1.70. The van der Waals surface area contributed by atoms with Crippen LogP contribution in [0.1, 0.15) is 132 Å². The number of aliphatic hydroxyl groups excluding tert-OH is 1. The maximum absolute atomic E-state index is 14.0. The Hall–Kier alpha value is -4.93. The summed E-state index contributed by atoms with van der Waals surface area (Å²) in [4.78, 5) is 118. The van der Waals surface area contributed by atoms with Gasteiger partial charge in [0, 0.05) is 6.42 Å². The molecule has 0 aromatic heterocycles. The third kappa shape index (κ3) is 24.6. The summed E-state index contributed by atoms with van der Waals surface area (Å²) in [6, 6.07) is -10.2. The van der Waals surface area contributed by atoms with Gasteiger partial charge >= 0.3 is 11.9 Å². The normalized spacial score (nSPS) is 15.5. The number of aliphatic hydroxyl groups is 1. The van der Waals surface area contributed by atoms with Gasteiger partial charge in [-0.05, 0) is 101 Å². The first-order valence-electron chi connectivity index (χ1n) is 23.3. The number of carboxylic acid groups (broad SMARTS) is 2. The first-order valence-corrected chi connectivity index (χ1v) is 23.3. The molecule has 0 heterocycles. The summed E-state index contributed by atoms with van der Waals surface area (Å²) < 4.78 is 0. The monoisotopic (exact) mass is 943 g/mol. The Morgan fingerprint density at radius 3 is 1.18 bits per heavy atom. The van der Waals surface area contributed by atoms with Crippen molar-refractivity contribution >= 4 is 53.3 Å². The molecule has 0 fully saturated rings. The van der Waals surface area contributed by atoms with Gasteiger partial charge in [0.25, 0.3) is 0 Å². The average molecular weight is 943 g/mol. The highest BCUT2D eigenvalue weighted by molar-refractivity contribution is 5.97. The highest BCUT2D eigenvalue weighted by Crippen LogP contribution is 2.13. The molecule has 0 aromatic rings. The summed E-state index contributed by atoms with van der Waals surface area (Å²) in [5.74, 6) is -8.97. The molecule has 16 N–H and O–H groups in total. The van der Waals surface area contributed by atoms with Crippen LogP contribution in [0, 0.1) is 23.7 Å². The fraction of sp³-hybridized carbons (Fsp3) is 0.795. The largest absolute Gasteiger partial charge is 0.481 e. The van der Waals surface area contributed by atoms with Crippen LogP contribution in [0.3, 0.4) is 0 Å². The second-order valence-electron chi connectivity index (χ2n) is 18.3. The van der Waals surface area contributed by atoms with Crippen molar-refractivity contribution in [3.8, 4) is 0 Å². The van der Waals surface area contributed by atoms with Gasteiger partial charge in [-0.3, -0.25) is 38.4 Å². The van der Waals surface area contributed by atoms with Gasteiger partial charge in [-0.25, -0.2) is 4.79 Å². The Bertz CT molecular complexity index is 1570. The molecular weight excluding hydrogens is 861 g/mol. The fourth-order valence-corrected chi connectivity index (χ4v) is 6.85. The van der Waals surface area contributed by atoms with Gasteiger partial charge in [0.2, 0.25) is 41.4 Å². The molecule has 0 aliphatic heterocycles. The Morgan fingerprint density at radius 2 is 0.818 bits per heavy atom. The van der Waals surface area contributed by atoms with Crippen molar-refractivity contribution in [2.45, 2.75) is 181 Å². The Labute approximate surface area is 389 Å². The number of hydrogen-bond acceptors (Lipinski definition) is 13. The molecule has 9 atom stereocenters. The van der Waals surface area contributed by atoms with Crippen LogP contribution in [0.2, 0.25) is 0 Å². The van der Waals surface area contributed by atoms with E-state index in [4.69, 9.17) is 17.2 Å². The predicted octanol–water partition coefficient (Wildman–Crippen LogP) is -0.909. The molecule has 0 radical (unpaired) electrons. The van der Waals surface area contributed by atoms with Crippen molar-refractivity contribution in [3.63, 3.8) is 0 Å². The van der Waals surface area contributed by atoms with E-state index in [9.17, 15) is 58.5 Å². The summed E-state index contributed by atoms with van der Waals surface area (Å²) in [6.45, 7) is 14.0. The van der Waals surface area contributed by atoms with E-state index in [0.29, 0.717) is 45.1 Å². The van der Waals surface area contributed by atoms with E-state index in [2.05, 4.69) is 37.2 Å². The van der Waals surface area contributed by atoms with Crippen LogP contribution in [0.15, 0.2) is 0 Å². The van der Waals surface area contributed by atoms with Gasteiger partial charge < -0.3 is 69.7 Å². The number of hydrogen-bond donors (Lipinski definition) is 13. The molecule has 0 aliphatic rings. The number of carbonyl (C=O) groups excluding carboxylic acids is 7. The third-order valence-corrected chi connectivity index (χ3v) is 10.8. The van der Waals surface area contributed by atoms with E-state index < -0.39 is 127 Å². The predicted molar refractivity (Wildman–Crippen MR) is 247 cm³/mol. The van der Waals surface area contributed by atoms with Crippen molar-refractivity contribution in [3.05, 3.63) is 0 Å². The lowest BCUT2D eigenvalue weighted by molar-refractivity contribution is -0.144. The summed E-state index contributed by atoms with van der Waals surface area (Å²) in [7, 11) is 0. The van der Waals surface area contributed by atoms with Crippen molar-refractivity contribution in [2.75, 3.05) is 19.7 Å². The zero-order chi connectivity index (χ0) is 50.7. The van der Waals surface area contributed by atoms with E-state index >= 15 is 0 Å². The van der Waals surface area contributed by atoms with Gasteiger partial charge in [-0.1, -0.05) is 61.8 Å². The number of carboxylic acids is 2. The summed E-state index contributed by atoms with van der Waals surface area (Å²) in [6.07, 6.45) is 2.18. The molecule has 0 bridgehead atoms. The number of unbranched alkanes of at least 4 members (excludes halogenated alkanes) is 2. The van der Waals surface area contributed by atoms with E-state index in [1.165, 1.54) is 0 Å². The molecule has 0 saturated heterocycles. The third-order valence-electron chi connectivity index (χ3n) is 10.8. The Morgan fingerprint density at radius 1 is 0.470 bits per heavy atom. The fourth-order valence-electron chi connectivity index (χ4n) is 6.85. The molecule has 66 heavy (non-hydrogen) atoms. The second kappa shape index (κ2) is 32.7. The molecule has 0 spiro atoms. The number of amides is 7.